The molecule has 2 aliphatic rings. The first-order chi connectivity index (χ1) is 20.2. The molecular weight excluding hydrogens is 599 g/mol. The zero-order chi connectivity index (χ0) is 31.6. The van der Waals surface area contributed by atoms with Gasteiger partial charge in [0.15, 0.2) is 0 Å². The van der Waals surface area contributed by atoms with Crippen LogP contribution in [0.15, 0.2) is 41.3 Å². The maximum Gasteiger partial charge on any atom is 0.547 e. The number of carboxylic acids is 1. The summed E-state index contributed by atoms with van der Waals surface area (Å²) in [6, 6.07) is 3.42. The smallest absolute Gasteiger partial charge is 0.534 e. The zero-order valence-electron chi connectivity index (χ0n) is 22.0. The number of sulfonamides is 1. The summed E-state index contributed by atoms with van der Waals surface area (Å²) in [4.78, 5) is 63.3. The van der Waals surface area contributed by atoms with Crippen LogP contribution in [0, 0.1) is 5.82 Å². The first-order valence-electron chi connectivity index (χ1n) is 12.5. The van der Waals surface area contributed by atoms with Gasteiger partial charge < -0.3 is 30.3 Å². The van der Waals surface area contributed by atoms with Crippen molar-refractivity contribution in [3.05, 3.63) is 58.9 Å². The second kappa shape index (κ2) is 12.3. The van der Waals surface area contributed by atoms with Crippen molar-refractivity contribution in [3.63, 3.8) is 0 Å². The number of carbonyl (C=O) groups is 5. The summed E-state index contributed by atoms with van der Waals surface area (Å²) in [7, 11) is -6.27. The summed E-state index contributed by atoms with van der Waals surface area (Å²) >= 11 is 0. The van der Waals surface area contributed by atoms with Gasteiger partial charge in [0.25, 0.3) is 0 Å². The maximum atomic E-state index is 14.7. The quantitative estimate of drug-likeness (QED) is 0.173. The minimum Gasteiger partial charge on any atom is -0.534 e. The Hall–Kier alpha value is -4.62. The van der Waals surface area contributed by atoms with Crippen LogP contribution in [0.2, 0.25) is 0 Å². The maximum absolute atomic E-state index is 14.7. The lowest BCUT2D eigenvalue weighted by atomic mass is 9.72. The predicted octanol–water partition coefficient (Wildman–Crippen LogP) is -1.30. The Labute approximate surface area is 242 Å². The van der Waals surface area contributed by atoms with E-state index in [1.54, 1.807) is 0 Å². The number of aromatic carboxylic acids is 1. The van der Waals surface area contributed by atoms with Crippen LogP contribution >= 0.6 is 0 Å². The lowest BCUT2D eigenvalue weighted by Crippen LogP contribution is -2.60. The van der Waals surface area contributed by atoms with Crippen LogP contribution in [-0.2, 0) is 30.8 Å². The molecule has 19 heteroatoms. The Morgan fingerprint density at radius 3 is 2.51 bits per heavy atom. The number of urea groups is 1. The van der Waals surface area contributed by atoms with Gasteiger partial charge in [-0.1, -0.05) is 18.2 Å². The van der Waals surface area contributed by atoms with Crippen molar-refractivity contribution in [1.29, 1.82) is 0 Å². The van der Waals surface area contributed by atoms with Gasteiger partial charge in [0, 0.05) is 19.6 Å². The van der Waals surface area contributed by atoms with Gasteiger partial charge in [-0.25, -0.2) is 31.9 Å². The molecule has 15 nitrogen and oxygen atoms in total. The molecule has 2 aliphatic heterocycles. The number of benzene rings is 2. The molecule has 6 N–H and O–H groups in total. The average molecular weight is 623 g/mol. The van der Waals surface area contributed by atoms with E-state index in [0.29, 0.717) is 16.5 Å². The van der Waals surface area contributed by atoms with Gasteiger partial charge in [0.1, 0.15) is 29.2 Å². The molecule has 2 atom stereocenters. The number of amides is 5. The minimum atomic E-state index is -4.50. The van der Waals surface area contributed by atoms with Crippen molar-refractivity contribution < 1.29 is 56.0 Å². The Balaban J connectivity index is 1.62. The van der Waals surface area contributed by atoms with Crippen molar-refractivity contribution in [2.24, 2.45) is 5.14 Å². The van der Waals surface area contributed by atoms with Crippen molar-refractivity contribution in [2.75, 3.05) is 26.3 Å². The van der Waals surface area contributed by atoms with Crippen molar-refractivity contribution >= 4 is 46.9 Å². The van der Waals surface area contributed by atoms with E-state index in [-0.39, 0.29) is 42.9 Å². The number of fused-ring (bicyclic) bond motifs is 1. The number of nitrogens with two attached hydrogens (primary N) is 1. The van der Waals surface area contributed by atoms with Gasteiger partial charge in [0.05, 0.1) is 11.5 Å². The van der Waals surface area contributed by atoms with Gasteiger partial charge in [-0.3, -0.25) is 19.3 Å². The largest absolute Gasteiger partial charge is 0.547 e. The molecule has 0 saturated carbocycles. The standard InChI is InChI=1S/C24H24BF2N5O10S/c26-6-7-31-8-9-32(22(35)21(31)34)24(38)30-18(12-4-5-16(15(27)10-12)43(28,40)41)20(33)29-17-11-13-2-1-3-14(23(36)37)19(13)42-25(17)39/h1-5,10,17-18,39H,6-9,11H2,(H,29,33)(H,30,38)(H,36,37)(H2,28,40,41)/t17-,18?/m0/s1. The molecule has 43 heavy (non-hydrogen) atoms. The van der Waals surface area contributed by atoms with Gasteiger partial charge in [-0.2, -0.15) is 0 Å². The minimum absolute atomic E-state index is 0.117. The summed E-state index contributed by atoms with van der Waals surface area (Å²) in [5, 5.41) is 29.5. The highest BCUT2D eigenvalue weighted by Crippen LogP contribution is 2.30. The second-order valence-corrected chi connectivity index (χ2v) is 11.0. The molecule has 1 unspecified atom stereocenters. The Bertz CT molecular complexity index is 1610. The molecule has 2 heterocycles. The fraction of sp³-hybridized carbons (Fsp3) is 0.292. The fourth-order valence-corrected chi connectivity index (χ4v) is 5.18. The van der Waals surface area contributed by atoms with Gasteiger partial charge in [0.2, 0.25) is 15.9 Å². The van der Waals surface area contributed by atoms with E-state index in [2.05, 4.69) is 10.6 Å². The highest BCUT2D eigenvalue weighted by Gasteiger charge is 2.41. The van der Waals surface area contributed by atoms with Crippen LogP contribution in [-0.4, -0.2) is 97.4 Å². The third kappa shape index (κ3) is 6.57. The number of piperazine rings is 1. The number of alkyl halides is 1. The molecule has 0 radical (unpaired) electrons. The number of imide groups is 1. The lowest BCUT2D eigenvalue weighted by Gasteiger charge is -2.33. The molecule has 2 aromatic carbocycles. The Kier molecular flexibility index (Phi) is 8.97. The monoisotopic (exact) mass is 623 g/mol. The molecule has 1 fully saturated rings. The highest BCUT2D eigenvalue weighted by atomic mass is 32.2. The molecule has 228 valence electrons. The van der Waals surface area contributed by atoms with E-state index >= 15 is 0 Å². The zero-order valence-corrected chi connectivity index (χ0v) is 22.8. The number of hydrogen-bond donors (Lipinski definition) is 5. The third-order valence-electron chi connectivity index (χ3n) is 6.71. The topological polar surface area (TPSA) is 226 Å². The summed E-state index contributed by atoms with van der Waals surface area (Å²) < 4.78 is 56.1. The number of hydrogen-bond acceptors (Lipinski definition) is 9. The first kappa shape index (κ1) is 31.3. The molecule has 0 aliphatic carbocycles. The van der Waals surface area contributed by atoms with E-state index in [4.69, 9.17) is 9.79 Å². The second-order valence-electron chi connectivity index (χ2n) is 9.48. The molecule has 5 amide bonds. The van der Waals surface area contributed by atoms with Crippen LogP contribution in [0.5, 0.6) is 5.75 Å². The third-order valence-corrected chi connectivity index (χ3v) is 7.66. The summed E-state index contributed by atoms with van der Waals surface area (Å²) in [6.07, 6.45) is -0.133. The molecule has 0 bridgehead atoms. The number of primary sulfonamides is 1. The predicted molar refractivity (Wildman–Crippen MR) is 141 cm³/mol. The molecule has 4 rings (SSSR count). The molecular formula is C24H24BF2N5O10S. The van der Waals surface area contributed by atoms with Crippen LogP contribution in [0.4, 0.5) is 13.6 Å². The van der Waals surface area contributed by atoms with Crippen LogP contribution in [0.25, 0.3) is 0 Å². The van der Waals surface area contributed by atoms with E-state index in [9.17, 15) is 51.3 Å². The molecule has 0 aromatic heterocycles. The SMILES string of the molecule is NS(=O)(=O)c1ccc(C(NC(=O)N2CCN(CCF)C(=O)C2=O)C(=O)N[C@H]2Cc3cccc(C(=O)O)c3OB2O)cc1F. The van der Waals surface area contributed by atoms with Crippen molar-refractivity contribution in [1.82, 2.24) is 20.4 Å². The number of rotatable bonds is 8. The Morgan fingerprint density at radius 1 is 1.16 bits per heavy atom. The number of nitrogens with zero attached hydrogens (tertiary/aromatic N) is 2. The summed E-state index contributed by atoms with van der Waals surface area (Å²) in [6.45, 7) is -1.85. The summed E-state index contributed by atoms with van der Waals surface area (Å²) in [5.41, 5.74) is -0.233. The first-order valence-corrected chi connectivity index (χ1v) is 14.1. The average Bonchev–Trinajstić information content (AvgIpc) is 2.93. The number of carbonyl (C=O) groups excluding carboxylic acids is 4. The van der Waals surface area contributed by atoms with Crippen LogP contribution in [0.3, 0.4) is 0 Å². The molecule has 1 saturated heterocycles. The Morgan fingerprint density at radius 2 is 1.88 bits per heavy atom. The molecule has 0 spiro atoms. The van der Waals surface area contributed by atoms with Gasteiger partial charge >= 0.3 is 30.9 Å². The summed E-state index contributed by atoms with van der Waals surface area (Å²) in [5.74, 6) is -7.58. The van der Waals surface area contributed by atoms with E-state index in [0.717, 1.165) is 17.0 Å². The number of para-hydroxylation sites is 1. The van der Waals surface area contributed by atoms with Crippen molar-refractivity contribution in [3.8, 4) is 5.75 Å². The van der Waals surface area contributed by atoms with E-state index in [1.165, 1.54) is 18.2 Å². The normalized spacial score (nSPS) is 17.6. The molecule has 2 aromatic rings. The van der Waals surface area contributed by atoms with E-state index in [1.807, 2.05) is 0 Å². The van der Waals surface area contributed by atoms with E-state index < -0.39 is 76.2 Å². The van der Waals surface area contributed by atoms with Crippen molar-refractivity contribution in [2.45, 2.75) is 23.3 Å². The highest BCUT2D eigenvalue weighted by molar-refractivity contribution is 7.89. The van der Waals surface area contributed by atoms with Gasteiger partial charge in [-0.05, 0) is 35.7 Å². The van der Waals surface area contributed by atoms with Crippen LogP contribution < -0.4 is 20.4 Å². The van der Waals surface area contributed by atoms with Crippen LogP contribution in [0.1, 0.15) is 27.5 Å². The number of halogens is 2. The fourth-order valence-electron chi connectivity index (χ4n) is 4.59. The lowest BCUT2D eigenvalue weighted by molar-refractivity contribution is -0.153. The number of nitrogens with one attached hydrogen (secondary N) is 2. The number of carboxylic acid groups (broad SMARTS) is 1. The van der Waals surface area contributed by atoms with Gasteiger partial charge in [-0.15, -0.1) is 0 Å².